The van der Waals surface area contributed by atoms with Gasteiger partial charge in [0.2, 0.25) is 5.91 Å². The van der Waals surface area contributed by atoms with E-state index in [-0.39, 0.29) is 12.0 Å². The Labute approximate surface area is 114 Å². The summed E-state index contributed by atoms with van der Waals surface area (Å²) in [5.74, 6) is -0.252. The molecular weight excluding hydrogens is 240 g/mol. The van der Waals surface area contributed by atoms with E-state index >= 15 is 0 Å². The van der Waals surface area contributed by atoms with Crippen LogP contribution in [0.25, 0.3) is 0 Å². The molecule has 3 N–H and O–H groups in total. The lowest BCUT2D eigenvalue weighted by Gasteiger charge is -2.38. The van der Waals surface area contributed by atoms with Crippen molar-refractivity contribution in [2.75, 3.05) is 7.11 Å². The van der Waals surface area contributed by atoms with Gasteiger partial charge < -0.3 is 10.5 Å². The van der Waals surface area contributed by atoms with Crippen LogP contribution >= 0.6 is 0 Å². The van der Waals surface area contributed by atoms with Crippen LogP contribution in [0.1, 0.15) is 31.2 Å². The van der Waals surface area contributed by atoms with E-state index in [2.05, 4.69) is 5.32 Å². The summed E-state index contributed by atoms with van der Waals surface area (Å²) >= 11 is 0. The van der Waals surface area contributed by atoms with Crippen molar-refractivity contribution in [2.24, 2.45) is 5.73 Å². The summed E-state index contributed by atoms with van der Waals surface area (Å²) in [6.07, 6.45) is 3.50. The van der Waals surface area contributed by atoms with Crippen molar-refractivity contribution in [3.63, 3.8) is 0 Å². The van der Waals surface area contributed by atoms with Crippen LogP contribution in [0.3, 0.4) is 0 Å². The first kappa shape index (κ1) is 14.0. The number of amides is 1. The molecule has 2 rings (SSSR count). The van der Waals surface area contributed by atoms with Gasteiger partial charge in [-0.25, -0.2) is 0 Å². The lowest BCUT2D eigenvalue weighted by Crippen LogP contribution is -2.57. The number of carbonyl (C=O) groups is 1. The maximum Gasteiger partial charge on any atom is 0.237 e. The van der Waals surface area contributed by atoms with E-state index in [0.29, 0.717) is 6.54 Å². The van der Waals surface area contributed by atoms with Crippen LogP contribution in [0.5, 0.6) is 0 Å². The molecule has 1 amide bonds. The van der Waals surface area contributed by atoms with Gasteiger partial charge in [0.15, 0.2) is 0 Å². The van der Waals surface area contributed by atoms with Crippen molar-refractivity contribution >= 4 is 5.91 Å². The summed E-state index contributed by atoms with van der Waals surface area (Å²) in [7, 11) is 1.72. The third-order valence-corrected chi connectivity index (χ3v) is 4.06. The molecule has 0 aliphatic heterocycles. The number of methoxy groups -OCH3 is 1. The van der Waals surface area contributed by atoms with Gasteiger partial charge in [0, 0.05) is 13.7 Å². The summed E-state index contributed by atoms with van der Waals surface area (Å²) < 4.78 is 5.35. The average molecular weight is 262 g/mol. The van der Waals surface area contributed by atoms with E-state index in [0.717, 1.165) is 31.2 Å². The molecule has 0 heterocycles. The summed E-state index contributed by atoms with van der Waals surface area (Å²) in [6, 6.07) is 10.1. The first-order valence-electron chi connectivity index (χ1n) is 6.78. The Morgan fingerprint density at radius 1 is 1.37 bits per heavy atom. The van der Waals surface area contributed by atoms with Gasteiger partial charge in [-0.2, -0.15) is 0 Å². The number of hydrogen-bond acceptors (Lipinski definition) is 3. The molecular formula is C15H22N2O2. The van der Waals surface area contributed by atoms with Crippen LogP contribution in [-0.2, 0) is 16.1 Å². The molecule has 4 nitrogen and oxygen atoms in total. The number of primary amides is 1. The second-order valence-electron chi connectivity index (χ2n) is 5.22. The number of carbonyl (C=O) groups excluding carboxylic acids is 1. The Hall–Kier alpha value is -1.39. The lowest BCUT2D eigenvalue weighted by atomic mass is 9.79. The minimum atomic E-state index is -0.579. The van der Waals surface area contributed by atoms with Crippen LogP contribution in [0.4, 0.5) is 0 Å². The van der Waals surface area contributed by atoms with Gasteiger partial charge in [0.05, 0.1) is 11.6 Å². The number of ether oxygens (including phenoxy) is 1. The second-order valence-corrected chi connectivity index (χ2v) is 5.22. The highest BCUT2D eigenvalue weighted by atomic mass is 16.5. The number of rotatable bonds is 5. The molecule has 4 heteroatoms. The normalized spacial score (nSPS) is 27.1. The summed E-state index contributed by atoms with van der Waals surface area (Å²) in [5, 5.41) is 3.37. The molecule has 1 aliphatic rings. The third kappa shape index (κ3) is 3.33. The first-order valence-corrected chi connectivity index (χ1v) is 6.78. The largest absolute Gasteiger partial charge is 0.381 e. The van der Waals surface area contributed by atoms with Crippen LogP contribution < -0.4 is 11.1 Å². The summed E-state index contributed by atoms with van der Waals surface area (Å²) in [6.45, 7) is 0.668. The fourth-order valence-electron chi connectivity index (χ4n) is 2.70. The predicted molar refractivity (Wildman–Crippen MR) is 74.5 cm³/mol. The van der Waals surface area contributed by atoms with Crippen molar-refractivity contribution < 1.29 is 9.53 Å². The molecule has 0 aromatic heterocycles. The number of hydrogen-bond donors (Lipinski definition) is 2. The second kappa shape index (κ2) is 6.17. The fraction of sp³-hybridized carbons (Fsp3) is 0.533. The highest BCUT2D eigenvalue weighted by molar-refractivity contribution is 5.84. The highest BCUT2D eigenvalue weighted by Crippen LogP contribution is 2.30. The topological polar surface area (TPSA) is 64.3 Å². The minimum absolute atomic E-state index is 0.252. The Bertz CT molecular complexity index is 411. The van der Waals surface area contributed by atoms with Crippen molar-refractivity contribution in [3.8, 4) is 0 Å². The fourth-order valence-corrected chi connectivity index (χ4v) is 2.70. The van der Waals surface area contributed by atoms with E-state index < -0.39 is 5.54 Å². The zero-order valence-corrected chi connectivity index (χ0v) is 11.4. The molecule has 0 bridgehead atoms. The molecule has 104 valence electrons. The number of nitrogens with two attached hydrogens (primary N) is 1. The lowest BCUT2D eigenvalue weighted by molar-refractivity contribution is -0.127. The zero-order valence-electron chi connectivity index (χ0n) is 11.4. The molecule has 1 aromatic rings. The Balaban J connectivity index is 1.99. The van der Waals surface area contributed by atoms with E-state index in [1.807, 2.05) is 30.3 Å². The van der Waals surface area contributed by atoms with E-state index in [4.69, 9.17) is 10.5 Å². The summed E-state index contributed by atoms with van der Waals surface area (Å²) in [4.78, 5) is 11.8. The molecule has 0 saturated heterocycles. The van der Waals surface area contributed by atoms with Crippen LogP contribution in [0.15, 0.2) is 30.3 Å². The molecule has 1 fully saturated rings. The Morgan fingerprint density at radius 3 is 2.53 bits per heavy atom. The first-order chi connectivity index (χ1) is 9.16. The summed E-state index contributed by atoms with van der Waals surface area (Å²) in [5.41, 5.74) is 6.20. The predicted octanol–water partition coefficient (Wildman–Crippen LogP) is 1.59. The molecule has 19 heavy (non-hydrogen) atoms. The van der Waals surface area contributed by atoms with E-state index in [9.17, 15) is 4.79 Å². The molecule has 1 aromatic carbocycles. The van der Waals surface area contributed by atoms with Gasteiger partial charge in [-0.3, -0.25) is 10.1 Å². The van der Waals surface area contributed by atoms with Crippen LogP contribution in [0, 0.1) is 0 Å². The van der Waals surface area contributed by atoms with E-state index in [1.165, 1.54) is 0 Å². The average Bonchev–Trinajstić information content (AvgIpc) is 2.46. The highest BCUT2D eigenvalue weighted by Gasteiger charge is 2.39. The molecule has 0 unspecified atom stereocenters. The van der Waals surface area contributed by atoms with Gasteiger partial charge in [0.1, 0.15) is 0 Å². The van der Waals surface area contributed by atoms with Crippen molar-refractivity contribution in [3.05, 3.63) is 35.9 Å². The SMILES string of the molecule is COC1CCC(NCc2ccccc2)(C(N)=O)CC1. The Morgan fingerprint density at radius 2 is 2.00 bits per heavy atom. The zero-order chi connectivity index (χ0) is 13.7. The van der Waals surface area contributed by atoms with Crippen LogP contribution in [-0.4, -0.2) is 24.7 Å². The number of nitrogens with one attached hydrogen (secondary N) is 1. The molecule has 1 saturated carbocycles. The quantitative estimate of drug-likeness (QED) is 0.847. The molecule has 1 aliphatic carbocycles. The van der Waals surface area contributed by atoms with Crippen LogP contribution in [0.2, 0.25) is 0 Å². The molecule has 0 radical (unpaired) electrons. The smallest absolute Gasteiger partial charge is 0.237 e. The standard InChI is InChI=1S/C15H22N2O2/c1-19-13-7-9-15(10-8-13,14(16)18)17-11-12-5-3-2-4-6-12/h2-6,13,17H,7-11H2,1H3,(H2,16,18). The van der Waals surface area contributed by atoms with Crippen molar-refractivity contribution in [2.45, 2.75) is 43.9 Å². The van der Waals surface area contributed by atoms with Gasteiger partial charge in [-0.1, -0.05) is 30.3 Å². The van der Waals surface area contributed by atoms with Crippen molar-refractivity contribution in [1.82, 2.24) is 5.32 Å². The molecule has 0 spiro atoms. The molecule has 0 atom stereocenters. The Kier molecular flexibility index (Phi) is 4.56. The van der Waals surface area contributed by atoms with E-state index in [1.54, 1.807) is 7.11 Å². The van der Waals surface area contributed by atoms with Gasteiger partial charge in [0.25, 0.3) is 0 Å². The van der Waals surface area contributed by atoms with Crippen molar-refractivity contribution in [1.29, 1.82) is 0 Å². The van der Waals surface area contributed by atoms with Gasteiger partial charge >= 0.3 is 0 Å². The maximum atomic E-state index is 11.8. The van der Waals surface area contributed by atoms with Gasteiger partial charge in [-0.05, 0) is 31.2 Å². The monoisotopic (exact) mass is 262 g/mol. The maximum absolute atomic E-state index is 11.8. The van der Waals surface area contributed by atoms with Gasteiger partial charge in [-0.15, -0.1) is 0 Å². The number of benzene rings is 1. The minimum Gasteiger partial charge on any atom is -0.381 e. The third-order valence-electron chi connectivity index (χ3n) is 4.06.